The van der Waals surface area contributed by atoms with Gasteiger partial charge in [-0.1, -0.05) is 29.4 Å². The summed E-state index contributed by atoms with van der Waals surface area (Å²) in [5.74, 6) is -1.59. The number of piperazine rings is 1. The first-order valence-corrected chi connectivity index (χ1v) is 17.7. The second-order valence-corrected chi connectivity index (χ2v) is 14.2. The first-order valence-electron chi connectivity index (χ1n) is 15.6. The number of esters is 1. The molecule has 2 unspecified atom stereocenters. The molecular weight excluding hydrogens is 703 g/mol. The number of carbonyl (C=O) groups is 3. The molecular formula is C35H30ClFN6O5S2. The van der Waals surface area contributed by atoms with Crippen LogP contribution in [-0.2, 0) is 9.53 Å². The molecule has 11 nitrogen and oxygen atoms in total. The number of aliphatic imine (C=N–C) groups is 1. The number of nitrogens with zero attached hydrogens (tertiary/aromatic N) is 5. The topological polar surface area (TPSA) is 128 Å². The minimum atomic E-state index is -0.967. The van der Waals surface area contributed by atoms with E-state index in [1.165, 1.54) is 48.4 Å². The molecule has 0 bridgehead atoms. The molecule has 3 aliphatic rings. The van der Waals surface area contributed by atoms with Crippen LogP contribution in [0.1, 0.15) is 27.0 Å². The summed E-state index contributed by atoms with van der Waals surface area (Å²) in [6.07, 6.45) is 1.67. The molecule has 50 heavy (non-hydrogen) atoms. The fourth-order valence-corrected chi connectivity index (χ4v) is 7.99. The maximum Gasteiger partial charge on any atom is 0.338 e. The number of thiazole rings is 1. The van der Waals surface area contributed by atoms with Crippen molar-refractivity contribution in [2.24, 2.45) is 4.99 Å². The Morgan fingerprint density at radius 2 is 1.82 bits per heavy atom. The molecule has 15 heteroatoms. The highest BCUT2D eigenvalue weighted by Crippen LogP contribution is 2.37. The van der Waals surface area contributed by atoms with Crippen LogP contribution in [0.15, 0.2) is 104 Å². The molecule has 3 aliphatic heterocycles. The quantitative estimate of drug-likeness (QED) is 0.201. The smallest absolute Gasteiger partial charge is 0.338 e. The lowest BCUT2D eigenvalue weighted by Gasteiger charge is -2.38. The summed E-state index contributed by atoms with van der Waals surface area (Å²) >= 11 is 9.40. The molecule has 7 rings (SSSR count). The first kappa shape index (κ1) is 33.7. The Labute approximate surface area is 300 Å². The number of methoxy groups -OCH3 is 1. The van der Waals surface area contributed by atoms with Crippen LogP contribution in [0.3, 0.4) is 0 Å². The molecule has 3 aromatic carbocycles. The largest absolute Gasteiger partial charge is 0.478 e. The summed E-state index contributed by atoms with van der Waals surface area (Å²) in [6, 6.07) is 17.4. The number of aromatic nitrogens is 1. The number of rotatable bonds is 9. The second kappa shape index (κ2) is 14.2. The van der Waals surface area contributed by atoms with Crippen molar-refractivity contribution in [2.45, 2.75) is 21.9 Å². The highest BCUT2D eigenvalue weighted by Gasteiger charge is 2.42. The minimum Gasteiger partial charge on any atom is -0.478 e. The Morgan fingerprint density at radius 3 is 2.48 bits per heavy atom. The number of urea groups is 1. The Kier molecular flexibility index (Phi) is 9.60. The number of carboxylic acid groups (broad SMARTS) is 1. The molecule has 0 spiro atoms. The van der Waals surface area contributed by atoms with E-state index in [0.29, 0.717) is 54.8 Å². The molecule has 4 heterocycles. The van der Waals surface area contributed by atoms with Gasteiger partial charge in [0.15, 0.2) is 10.8 Å². The lowest BCUT2D eigenvalue weighted by Crippen LogP contribution is -2.53. The summed E-state index contributed by atoms with van der Waals surface area (Å²) in [6.45, 7) is 2.46. The van der Waals surface area contributed by atoms with Crippen LogP contribution in [0.4, 0.5) is 14.9 Å². The number of hydrogen-bond donors (Lipinski definition) is 2. The van der Waals surface area contributed by atoms with Crippen LogP contribution in [0.25, 0.3) is 0 Å². The Balaban J connectivity index is 1.09. The number of amides is 2. The van der Waals surface area contributed by atoms with Crippen molar-refractivity contribution in [2.75, 3.05) is 44.7 Å². The van der Waals surface area contributed by atoms with Crippen molar-refractivity contribution < 1.29 is 28.6 Å². The Bertz CT molecular complexity index is 2010. The van der Waals surface area contributed by atoms with Crippen LogP contribution < -0.4 is 10.2 Å². The lowest BCUT2D eigenvalue weighted by atomic mass is 9.95. The van der Waals surface area contributed by atoms with E-state index in [2.05, 4.69) is 15.2 Å². The maximum atomic E-state index is 14.0. The number of carboxylic acids is 1. The summed E-state index contributed by atoms with van der Waals surface area (Å²) in [7, 11) is 1.30. The number of fused-ring (bicyclic) bond motifs is 1. The van der Waals surface area contributed by atoms with Crippen molar-refractivity contribution in [3.8, 4) is 0 Å². The SMILES string of the molecule is COC(=O)C1=C(CN2CCN3C(=O)N(c4ccc(Sc5ccc(C(=O)O)cc5)cc4)CC3C2)NC(c2nccs2)=NC1c1ccc(F)cc1Cl. The van der Waals surface area contributed by atoms with Crippen molar-refractivity contribution in [1.82, 2.24) is 20.1 Å². The fraction of sp³-hybridized carbons (Fsp3) is 0.229. The van der Waals surface area contributed by atoms with Gasteiger partial charge < -0.3 is 20.1 Å². The van der Waals surface area contributed by atoms with E-state index in [0.717, 1.165) is 15.5 Å². The Morgan fingerprint density at radius 1 is 1.08 bits per heavy atom. The third kappa shape index (κ3) is 6.84. The van der Waals surface area contributed by atoms with Crippen molar-refractivity contribution in [1.29, 1.82) is 0 Å². The van der Waals surface area contributed by atoms with E-state index in [4.69, 9.17) is 26.4 Å². The van der Waals surface area contributed by atoms with E-state index in [-0.39, 0.29) is 28.2 Å². The third-order valence-electron chi connectivity index (χ3n) is 8.73. The highest BCUT2D eigenvalue weighted by molar-refractivity contribution is 7.99. The van der Waals surface area contributed by atoms with Gasteiger partial charge in [-0.25, -0.2) is 23.8 Å². The van der Waals surface area contributed by atoms with Crippen molar-refractivity contribution >= 4 is 64.2 Å². The zero-order valence-corrected chi connectivity index (χ0v) is 29.0. The number of nitrogens with one attached hydrogen (secondary N) is 1. The normalized spacial score (nSPS) is 19.3. The van der Waals surface area contributed by atoms with Crippen LogP contribution >= 0.6 is 34.7 Å². The average molecular weight is 733 g/mol. The summed E-state index contributed by atoms with van der Waals surface area (Å²) in [4.78, 5) is 55.0. The number of hydrogen-bond acceptors (Lipinski definition) is 10. The van der Waals surface area contributed by atoms with Gasteiger partial charge in [0.25, 0.3) is 0 Å². The standard InChI is InChI=1S/C35H30ClFN6O5S2/c1-48-34(46)29-28(39-31(32-38-12-15-49-32)40-30(29)26-11-4-21(37)16-27(26)36)19-41-13-14-42-23(17-41)18-43(35(42)47)22-5-9-25(10-6-22)50-24-7-2-20(3-8-24)33(44)45/h2-12,15-16,23,30H,13-14,17-19H2,1H3,(H,39,40)(H,44,45). The van der Waals surface area contributed by atoms with Crippen molar-refractivity contribution in [3.05, 3.63) is 117 Å². The molecule has 0 saturated carbocycles. The minimum absolute atomic E-state index is 0.0613. The molecule has 256 valence electrons. The fourth-order valence-electron chi connectivity index (χ4n) is 6.32. The summed E-state index contributed by atoms with van der Waals surface area (Å²) in [5, 5.41) is 15.1. The van der Waals surface area contributed by atoms with E-state index in [9.17, 15) is 18.8 Å². The Hall–Kier alpha value is -4.76. The lowest BCUT2D eigenvalue weighted by molar-refractivity contribution is -0.136. The third-order valence-corrected chi connectivity index (χ3v) is 10.9. The first-order chi connectivity index (χ1) is 24.2. The van der Waals surface area contributed by atoms with Crippen LogP contribution in [0, 0.1) is 5.82 Å². The average Bonchev–Trinajstić information content (AvgIpc) is 3.77. The van der Waals surface area contributed by atoms with Crippen LogP contribution in [0.5, 0.6) is 0 Å². The maximum absolute atomic E-state index is 14.0. The molecule has 2 fully saturated rings. The highest BCUT2D eigenvalue weighted by atomic mass is 35.5. The van der Waals surface area contributed by atoms with Crippen LogP contribution in [0.2, 0.25) is 5.02 Å². The van der Waals surface area contributed by atoms with Gasteiger partial charge in [0.1, 0.15) is 11.9 Å². The number of benzene rings is 3. The van der Waals surface area contributed by atoms with Gasteiger partial charge in [-0.05, 0) is 60.7 Å². The predicted molar refractivity (Wildman–Crippen MR) is 189 cm³/mol. The van der Waals surface area contributed by atoms with E-state index >= 15 is 0 Å². The van der Waals surface area contributed by atoms with Gasteiger partial charge in [-0.2, -0.15) is 0 Å². The van der Waals surface area contributed by atoms with Gasteiger partial charge in [-0.15, -0.1) is 11.3 Å². The number of halogens is 2. The van der Waals surface area contributed by atoms with Gasteiger partial charge in [0, 0.05) is 76.1 Å². The van der Waals surface area contributed by atoms with Gasteiger partial charge in [-0.3, -0.25) is 14.8 Å². The number of ether oxygens (including phenoxy) is 1. The molecule has 2 saturated heterocycles. The number of amidine groups is 1. The van der Waals surface area contributed by atoms with E-state index < -0.39 is 23.8 Å². The zero-order valence-electron chi connectivity index (χ0n) is 26.6. The van der Waals surface area contributed by atoms with Crippen LogP contribution in [-0.4, -0.2) is 89.6 Å². The molecule has 2 amide bonds. The van der Waals surface area contributed by atoms with Gasteiger partial charge in [0.05, 0.1) is 24.3 Å². The number of anilines is 1. The molecule has 4 aromatic rings. The number of carbonyl (C=O) groups excluding carboxylic acids is 2. The predicted octanol–water partition coefficient (Wildman–Crippen LogP) is 5.93. The molecule has 2 atom stereocenters. The molecule has 2 N–H and O–H groups in total. The van der Waals surface area contributed by atoms with Gasteiger partial charge >= 0.3 is 18.0 Å². The molecule has 1 aromatic heterocycles. The molecule has 0 aliphatic carbocycles. The van der Waals surface area contributed by atoms with Gasteiger partial charge in [0.2, 0.25) is 0 Å². The van der Waals surface area contributed by atoms with Crippen molar-refractivity contribution in [3.63, 3.8) is 0 Å². The monoisotopic (exact) mass is 732 g/mol. The second-order valence-electron chi connectivity index (χ2n) is 11.8. The zero-order chi connectivity index (χ0) is 34.9. The van der Waals surface area contributed by atoms with E-state index in [1.807, 2.05) is 34.5 Å². The summed E-state index contributed by atoms with van der Waals surface area (Å²) in [5.41, 5.74) is 2.32. The summed E-state index contributed by atoms with van der Waals surface area (Å²) < 4.78 is 19.2. The molecule has 0 radical (unpaired) electrons. The van der Waals surface area contributed by atoms with E-state index in [1.54, 1.807) is 35.4 Å². The number of aromatic carboxylic acids is 1.